The highest BCUT2D eigenvalue weighted by Crippen LogP contribution is 2.39. The van der Waals surface area contributed by atoms with Gasteiger partial charge in [-0.2, -0.15) is 5.10 Å². The van der Waals surface area contributed by atoms with Crippen molar-refractivity contribution in [2.24, 2.45) is 11.7 Å². The Balaban J connectivity index is 1.58. The summed E-state index contributed by atoms with van der Waals surface area (Å²) in [5.74, 6) is 1.23. The van der Waals surface area contributed by atoms with Crippen molar-refractivity contribution < 1.29 is 4.79 Å². The van der Waals surface area contributed by atoms with Gasteiger partial charge in [-0.3, -0.25) is 9.89 Å². The summed E-state index contributed by atoms with van der Waals surface area (Å²) in [7, 11) is 0. The number of H-pyrrole nitrogens is 1. The quantitative estimate of drug-likeness (QED) is 0.674. The number of amides is 1. The van der Waals surface area contributed by atoms with Gasteiger partial charge in [0.15, 0.2) is 5.16 Å². The number of carbonyl (C=O) groups excluding carboxylic acids is 1. The molecule has 0 bridgehead atoms. The van der Waals surface area contributed by atoms with Crippen LogP contribution in [-0.4, -0.2) is 33.2 Å². The van der Waals surface area contributed by atoms with Gasteiger partial charge in [-0.05, 0) is 43.4 Å². The normalized spacial score (nSPS) is 16.8. The van der Waals surface area contributed by atoms with Gasteiger partial charge < -0.3 is 11.1 Å². The molecule has 1 amide bonds. The molecule has 0 saturated heterocycles. The summed E-state index contributed by atoms with van der Waals surface area (Å²) in [5.41, 5.74) is 7.36. The molecule has 1 aromatic heterocycles. The van der Waals surface area contributed by atoms with Crippen LogP contribution in [-0.2, 0) is 5.75 Å². The number of aromatic nitrogens is 3. The summed E-state index contributed by atoms with van der Waals surface area (Å²) in [6, 6.07) is 7.65. The number of aromatic amines is 1. The highest BCUT2D eigenvalue weighted by atomic mass is 32.2. The van der Waals surface area contributed by atoms with Crippen LogP contribution in [0, 0.1) is 5.92 Å². The molecule has 0 radical (unpaired) electrons. The zero-order valence-corrected chi connectivity index (χ0v) is 13.9. The lowest BCUT2D eigenvalue weighted by Crippen LogP contribution is -2.53. The van der Waals surface area contributed by atoms with Crippen molar-refractivity contribution in [3.05, 3.63) is 41.7 Å². The van der Waals surface area contributed by atoms with Gasteiger partial charge in [0.2, 0.25) is 0 Å². The number of thioether (sulfide) groups is 1. The van der Waals surface area contributed by atoms with E-state index in [9.17, 15) is 4.79 Å². The molecule has 7 heteroatoms. The summed E-state index contributed by atoms with van der Waals surface area (Å²) in [6.45, 7) is 2.50. The van der Waals surface area contributed by atoms with Crippen LogP contribution in [0.15, 0.2) is 35.7 Å². The number of benzene rings is 1. The Labute approximate surface area is 139 Å². The summed E-state index contributed by atoms with van der Waals surface area (Å²) in [6.07, 6.45) is 3.78. The van der Waals surface area contributed by atoms with Gasteiger partial charge >= 0.3 is 0 Å². The summed E-state index contributed by atoms with van der Waals surface area (Å²) < 4.78 is 0. The van der Waals surface area contributed by atoms with E-state index in [-0.39, 0.29) is 11.4 Å². The Kier molecular flexibility index (Phi) is 4.68. The van der Waals surface area contributed by atoms with E-state index in [1.54, 1.807) is 11.8 Å². The number of rotatable bonds is 7. The molecule has 1 saturated carbocycles. The first-order valence-corrected chi connectivity index (χ1v) is 8.69. The van der Waals surface area contributed by atoms with Crippen LogP contribution in [0.1, 0.15) is 35.7 Å². The van der Waals surface area contributed by atoms with Crippen molar-refractivity contribution in [2.75, 3.05) is 6.54 Å². The van der Waals surface area contributed by atoms with Gasteiger partial charge in [-0.15, -0.1) is 0 Å². The molecule has 1 aromatic carbocycles. The van der Waals surface area contributed by atoms with Crippen LogP contribution < -0.4 is 11.1 Å². The van der Waals surface area contributed by atoms with E-state index in [1.807, 2.05) is 31.2 Å². The van der Waals surface area contributed by atoms with Crippen molar-refractivity contribution in [1.82, 2.24) is 20.5 Å². The van der Waals surface area contributed by atoms with E-state index in [4.69, 9.17) is 5.73 Å². The molecule has 4 N–H and O–H groups in total. The maximum Gasteiger partial charge on any atom is 0.251 e. The minimum absolute atomic E-state index is 0.0562. The molecule has 1 aliphatic rings. The third-order valence-corrected chi connectivity index (χ3v) is 5.23. The van der Waals surface area contributed by atoms with Gasteiger partial charge in [0.05, 0.1) is 5.54 Å². The van der Waals surface area contributed by atoms with Crippen molar-refractivity contribution in [3.63, 3.8) is 0 Å². The van der Waals surface area contributed by atoms with E-state index in [0.717, 1.165) is 29.3 Å². The lowest BCUT2D eigenvalue weighted by Gasteiger charge is -2.29. The fourth-order valence-electron chi connectivity index (χ4n) is 2.54. The SMILES string of the molecule is CC(CN)(NC(=O)c1ccc(CSc2ncn[nH]2)cc1)C1CC1. The second-order valence-corrected chi connectivity index (χ2v) is 7.09. The number of nitrogens with one attached hydrogen (secondary N) is 2. The van der Waals surface area contributed by atoms with E-state index in [0.29, 0.717) is 18.0 Å². The van der Waals surface area contributed by atoms with Gasteiger partial charge in [0.25, 0.3) is 5.91 Å². The third-order valence-electron chi connectivity index (χ3n) is 4.29. The first-order chi connectivity index (χ1) is 11.1. The van der Waals surface area contributed by atoms with Crippen LogP contribution in [0.4, 0.5) is 0 Å². The lowest BCUT2D eigenvalue weighted by atomic mass is 9.95. The second kappa shape index (κ2) is 6.72. The van der Waals surface area contributed by atoms with Gasteiger partial charge in [0, 0.05) is 17.9 Å². The minimum Gasteiger partial charge on any atom is -0.345 e. The largest absolute Gasteiger partial charge is 0.345 e. The minimum atomic E-state index is -0.294. The van der Waals surface area contributed by atoms with Crippen molar-refractivity contribution >= 4 is 17.7 Å². The first-order valence-electron chi connectivity index (χ1n) is 7.70. The second-order valence-electron chi connectivity index (χ2n) is 6.13. The topological polar surface area (TPSA) is 96.7 Å². The monoisotopic (exact) mass is 331 g/mol. The molecule has 6 nitrogen and oxygen atoms in total. The number of hydrogen-bond donors (Lipinski definition) is 3. The summed E-state index contributed by atoms with van der Waals surface area (Å²) >= 11 is 1.57. The number of carbonyl (C=O) groups is 1. The van der Waals surface area contributed by atoms with E-state index < -0.39 is 0 Å². The van der Waals surface area contributed by atoms with Crippen LogP contribution in [0.3, 0.4) is 0 Å². The highest BCUT2D eigenvalue weighted by Gasteiger charge is 2.41. The average Bonchev–Trinajstić information content (AvgIpc) is 3.31. The smallest absolute Gasteiger partial charge is 0.251 e. The van der Waals surface area contributed by atoms with Crippen molar-refractivity contribution in [2.45, 2.75) is 36.2 Å². The standard InChI is InChI=1S/C16H21N5OS/c1-16(9-17,13-6-7-13)20-14(22)12-4-2-11(3-5-12)8-23-15-18-10-19-21-15/h2-5,10,13H,6-9,17H2,1H3,(H,20,22)(H,18,19,21). The highest BCUT2D eigenvalue weighted by molar-refractivity contribution is 7.98. The lowest BCUT2D eigenvalue weighted by molar-refractivity contribution is 0.0898. The Hall–Kier alpha value is -1.86. The molecular formula is C16H21N5OS. The Morgan fingerprint density at radius 1 is 1.43 bits per heavy atom. The molecule has 1 fully saturated rings. The predicted octanol–water partition coefficient (Wildman–Crippen LogP) is 1.95. The zero-order chi connectivity index (χ0) is 16.3. The summed E-state index contributed by atoms with van der Waals surface area (Å²) in [4.78, 5) is 16.5. The molecule has 0 spiro atoms. The number of nitrogens with two attached hydrogens (primary N) is 1. The molecule has 122 valence electrons. The van der Waals surface area contributed by atoms with Gasteiger partial charge in [-0.25, -0.2) is 4.98 Å². The molecule has 1 aliphatic carbocycles. The van der Waals surface area contributed by atoms with Gasteiger partial charge in [0.1, 0.15) is 6.33 Å². The molecule has 2 aromatic rings. The predicted molar refractivity (Wildman–Crippen MR) is 90.0 cm³/mol. The number of nitrogens with zero attached hydrogens (tertiary/aromatic N) is 2. The van der Waals surface area contributed by atoms with Crippen molar-refractivity contribution in [1.29, 1.82) is 0 Å². The molecule has 0 aliphatic heterocycles. The Morgan fingerprint density at radius 2 is 2.17 bits per heavy atom. The molecule has 23 heavy (non-hydrogen) atoms. The maximum atomic E-state index is 12.4. The van der Waals surface area contributed by atoms with E-state index in [2.05, 4.69) is 20.5 Å². The van der Waals surface area contributed by atoms with Crippen LogP contribution in [0.2, 0.25) is 0 Å². The van der Waals surface area contributed by atoms with Gasteiger partial charge in [-0.1, -0.05) is 23.9 Å². The number of hydrogen-bond acceptors (Lipinski definition) is 5. The first kappa shape index (κ1) is 16.0. The fourth-order valence-corrected chi connectivity index (χ4v) is 3.27. The molecule has 3 rings (SSSR count). The maximum absolute atomic E-state index is 12.4. The van der Waals surface area contributed by atoms with Crippen LogP contribution in [0.25, 0.3) is 0 Å². The van der Waals surface area contributed by atoms with E-state index >= 15 is 0 Å². The average molecular weight is 331 g/mol. The van der Waals surface area contributed by atoms with E-state index in [1.165, 1.54) is 6.33 Å². The zero-order valence-electron chi connectivity index (χ0n) is 13.1. The van der Waals surface area contributed by atoms with Crippen LogP contribution >= 0.6 is 11.8 Å². The molecule has 1 unspecified atom stereocenters. The fraction of sp³-hybridized carbons (Fsp3) is 0.438. The van der Waals surface area contributed by atoms with Crippen LogP contribution in [0.5, 0.6) is 0 Å². The summed E-state index contributed by atoms with van der Waals surface area (Å²) in [5, 5.41) is 10.5. The Bertz CT molecular complexity index is 654. The molecular weight excluding hydrogens is 310 g/mol. The van der Waals surface area contributed by atoms with Crippen molar-refractivity contribution in [3.8, 4) is 0 Å². The molecule has 1 atom stereocenters. The molecule has 1 heterocycles. The third kappa shape index (κ3) is 3.92. The Morgan fingerprint density at radius 3 is 2.74 bits per heavy atom.